The number of nitrogens with one attached hydrogen (secondary N) is 1. The van der Waals surface area contributed by atoms with Gasteiger partial charge in [0.2, 0.25) is 5.91 Å². The number of amides is 1. The van der Waals surface area contributed by atoms with E-state index in [1.165, 1.54) is 17.9 Å². The number of carbonyl (C=O) groups excluding carboxylic acids is 1. The summed E-state index contributed by atoms with van der Waals surface area (Å²) < 4.78 is 5.22. The third kappa shape index (κ3) is 4.64. The van der Waals surface area contributed by atoms with Crippen LogP contribution in [0.2, 0.25) is 0 Å². The standard InChI is InChI=1S/C18H26N2O2S/c1-22-17-4-2-3-14(11-17)12-18(21)20-8-5-15(6-9-20)19-16-7-10-23-13-16/h2-4,11,15-16,19H,5-10,12-13H2,1H3. The SMILES string of the molecule is COc1cccc(CC(=O)N2CCC(NC3CCSC3)CC2)c1. The monoisotopic (exact) mass is 334 g/mol. The Balaban J connectivity index is 1.45. The Morgan fingerprint density at radius 3 is 2.83 bits per heavy atom. The largest absolute Gasteiger partial charge is 0.497 e. The Labute approximate surface area is 143 Å². The zero-order valence-corrected chi connectivity index (χ0v) is 14.6. The van der Waals surface area contributed by atoms with Gasteiger partial charge in [-0.25, -0.2) is 0 Å². The molecule has 2 aliphatic heterocycles. The molecule has 1 aromatic rings. The van der Waals surface area contributed by atoms with E-state index >= 15 is 0 Å². The average Bonchev–Trinajstić information content (AvgIpc) is 3.08. The molecule has 5 heteroatoms. The maximum Gasteiger partial charge on any atom is 0.226 e. The molecule has 0 bridgehead atoms. The van der Waals surface area contributed by atoms with Gasteiger partial charge in [0.15, 0.2) is 0 Å². The highest BCUT2D eigenvalue weighted by Gasteiger charge is 2.25. The van der Waals surface area contributed by atoms with Crippen LogP contribution in [0.15, 0.2) is 24.3 Å². The summed E-state index contributed by atoms with van der Waals surface area (Å²) in [6.45, 7) is 1.75. The third-order valence-corrected chi connectivity index (χ3v) is 5.90. The van der Waals surface area contributed by atoms with E-state index in [1.807, 2.05) is 40.9 Å². The molecule has 0 aromatic heterocycles. The lowest BCUT2D eigenvalue weighted by atomic mass is 10.0. The van der Waals surface area contributed by atoms with Gasteiger partial charge in [-0.3, -0.25) is 4.79 Å². The van der Waals surface area contributed by atoms with E-state index in [4.69, 9.17) is 4.74 Å². The predicted molar refractivity (Wildman–Crippen MR) is 95.2 cm³/mol. The lowest BCUT2D eigenvalue weighted by Crippen LogP contribution is -2.48. The summed E-state index contributed by atoms with van der Waals surface area (Å²) in [5.74, 6) is 3.57. The number of ether oxygens (including phenoxy) is 1. The first-order valence-corrected chi connectivity index (χ1v) is 9.64. The van der Waals surface area contributed by atoms with Crippen molar-refractivity contribution in [2.24, 2.45) is 0 Å². The van der Waals surface area contributed by atoms with Crippen molar-refractivity contribution in [1.82, 2.24) is 10.2 Å². The highest BCUT2D eigenvalue weighted by Crippen LogP contribution is 2.20. The van der Waals surface area contributed by atoms with Crippen LogP contribution in [0.1, 0.15) is 24.8 Å². The molecule has 23 heavy (non-hydrogen) atoms. The number of likely N-dealkylation sites (tertiary alicyclic amines) is 1. The van der Waals surface area contributed by atoms with Crippen LogP contribution in [0.3, 0.4) is 0 Å². The Hall–Kier alpha value is -1.20. The second kappa shape index (κ2) is 8.06. The lowest BCUT2D eigenvalue weighted by Gasteiger charge is -2.34. The van der Waals surface area contributed by atoms with Gasteiger partial charge in [-0.05, 0) is 42.7 Å². The van der Waals surface area contributed by atoms with E-state index < -0.39 is 0 Å². The maximum absolute atomic E-state index is 12.5. The molecule has 1 atom stereocenters. The smallest absolute Gasteiger partial charge is 0.226 e. The fourth-order valence-corrected chi connectivity index (χ4v) is 4.53. The van der Waals surface area contributed by atoms with E-state index in [1.54, 1.807) is 7.11 Å². The Kier molecular flexibility index (Phi) is 5.84. The van der Waals surface area contributed by atoms with E-state index in [9.17, 15) is 4.79 Å². The second-order valence-electron chi connectivity index (χ2n) is 6.41. The van der Waals surface area contributed by atoms with Crippen LogP contribution in [0.25, 0.3) is 0 Å². The molecular formula is C18H26N2O2S. The summed E-state index contributed by atoms with van der Waals surface area (Å²) in [5.41, 5.74) is 1.03. The first-order valence-electron chi connectivity index (χ1n) is 8.49. The minimum absolute atomic E-state index is 0.230. The zero-order valence-electron chi connectivity index (χ0n) is 13.8. The van der Waals surface area contributed by atoms with Gasteiger partial charge in [-0.1, -0.05) is 12.1 Å². The molecule has 1 N–H and O–H groups in total. The normalized spacial score (nSPS) is 22.3. The molecule has 2 fully saturated rings. The van der Waals surface area contributed by atoms with Gasteiger partial charge in [0, 0.05) is 30.9 Å². The van der Waals surface area contributed by atoms with Gasteiger partial charge >= 0.3 is 0 Å². The third-order valence-electron chi connectivity index (χ3n) is 4.74. The quantitative estimate of drug-likeness (QED) is 0.897. The van der Waals surface area contributed by atoms with Gasteiger partial charge in [-0.2, -0.15) is 11.8 Å². The number of thioether (sulfide) groups is 1. The van der Waals surface area contributed by atoms with Crippen LogP contribution in [-0.4, -0.2) is 54.6 Å². The van der Waals surface area contributed by atoms with E-state index in [0.717, 1.165) is 37.2 Å². The molecule has 0 radical (unpaired) electrons. The minimum Gasteiger partial charge on any atom is -0.497 e. The number of rotatable bonds is 5. The number of piperidine rings is 1. The van der Waals surface area contributed by atoms with Crippen LogP contribution in [0.5, 0.6) is 5.75 Å². The summed E-state index contributed by atoms with van der Waals surface area (Å²) in [7, 11) is 1.65. The zero-order chi connectivity index (χ0) is 16.1. The number of nitrogens with zero attached hydrogens (tertiary/aromatic N) is 1. The fourth-order valence-electron chi connectivity index (χ4n) is 3.36. The van der Waals surface area contributed by atoms with Crippen molar-refractivity contribution < 1.29 is 9.53 Å². The van der Waals surface area contributed by atoms with Gasteiger partial charge in [0.25, 0.3) is 0 Å². The molecule has 3 rings (SSSR count). The van der Waals surface area contributed by atoms with Crippen LogP contribution in [0.4, 0.5) is 0 Å². The molecule has 2 saturated heterocycles. The Morgan fingerprint density at radius 1 is 1.30 bits per heavy atom. The molecule has 1 amide bonds. The molecule has 1 unspecified atom stereocenters. The van der Waals surface area contributed by atoms with Gasteiger partial charge in [0.05, 0.1) is 13.5 Å². The average molecular weight is 334 g/mol. The van der Waals surface area contributed by atoms with E-state index in [-0.39, 0.29) is 5.91 Å². The fraction of sp³-hybridized carbons (Fsp3) is 0.611. The summed E-state index contributed by atoms with van der Waals surface area (Å²) in [5, 5.41) is 3.77. The molecule has 126 valence electrons. The van der Waals surface area contributed by atoms with Gasteiger partial charge < -0.3 is 15.0 Å². The summed E-state index contributed by atoms with van der Waals surface area (Å²) in [4.78, 5) is 14.5. The van der Waals surface area contributed by atoms with Crippen LogP contribution in [0, 0.1) is 0 Å². The first kappa shape index (κ1) is 16.7. The number of carbonyl (C=O) groups is 1. The topological polar surface area (TPSA) is 41.6 Å². The van der Waals surface area contributed by atoms with Gasteiger partial charge in [-0.15, -0.1) is 0 Å². The van der Waals surface area contributed by atoms with Crippen LogP contribution in [-0.2, 0) is 11.2 Å². The Bertz CT molecular complexity index is 524. The summed E-state index contributed by atoms with van der Waals surface area (Å²) >= 11 is 2.04. The van der Waals surface area contributed by atoms with Crippen molar-refractivity contribution in [3.8, 4) is 5.75 Å². The van der Waals surface area contributed by atoms with Crippen molar-refractivity contribution in [2.45, 2.75) is 37.8 Å². The predicted octanol–water partition coefficient (Wildman–Crippen LogP) is 2.32. The van der Waals surface area contributed by atoms with E-state index in [2.05, 4.69) is 5.32 Å². The van der Waals surface area contributed by atoms with Crippen molar-refractivity contribution in [3.05, 3.63) is 29.8 Å². The number of hydrogen-bond acceptors (Lipinski definition) is 4. The summed E-state index contributed by atoms with van der Waals surface area (Å²) in [6, 6.07) is 9.06. The van der Waals surface area contributed by atoms with Gasteiger partial charge in [0.1, 0.15) is 5.75 Å². The molecule has 0 aliphatic carbocycles. The summed E-state index contributed by atoms with van der Waals surface area (Å²) in [6.07, 6.45) is 3.91. The van der Waals surface area contributed by atoms with Crippen LogP contribution >= 0.6 is 11.8 Å². The molecule has 1 aromatic carbocycles. The Morgan fingerprint density at radius 2 is 2.13 bits per heavy atom. The molecule has 4 nitrogen and oxygen atoms in total. The molecular weight excluding hydrogens is 308 g/mol. The van der Waals surface area contributed by atoms with E-state index in [0.29, 0.717) is 18.5 Å². The van der Waals surface area contributed by atoms with Crippen molar-refractivity contribution >= 4 is 17.7 Å². The first-order chi connectivity index (χ1) is 11.2. The number of benzene rings is 1. The van der Waals surface area contributed by atoms with Crippen molar-refractivity contribution in [1.29, 1.82) is 0 Å². The molecule has 0 spiro atoms. The number of hydrogen-bond donors (Lipinski definition) is 1. The molecule has 0 saturated carbocycles. The minimum atomic E-state index is 0.230. The molecule has 2 heterocycles. The highest BCUT2D eigenvalue weighted by atomic mass is 32.2. The maximum atomic E-state index is 12.5. The van der Waals surface area contributed by atoms with Crippen LogP contribution < -0.4 is 10.1 Å². The second-order valence-corrected chi connectivity index (χ2v) is 7.56. The highest BCUT2D eigenvalue weighted by molar-refractivity contribution is 7.99. The van der Waals surface area contributed by atoms with Crippen molar-refractivity contribution in [2.75, 3.05) is 31.7 Å². The number of methoxy groups -OCH3 is 1. The van der Waals surface area contributed by atoms with Crippen molar-refractivity contribution in [3.63, 3.8) is 0 Å². The molecule has 2 aliphatic rings. The lowest BCUT2D eigenvalue weighted by molar-refractivity contribution is -0.131.